The van der Waals surface area contributed by atoms with Gasteiger partial charge in [-0.2, -0.15) is 26.3 Å². The maximum Gasteiger partial charge on any atom is 0.418 e. The van der Waals surface area contributed by atoms with Gasteiger partial charge in [0, 0.05) is 18.1 Å². The van der Waals surface area contributed by atoms with Gasteiger partial charge in [0.25, 0.3) is 0 Å². The molecule has 0 bridgehead atoms. The molecule has 0 aliphatic carbocycles. The van der Waals surface area contributed by atoms with Crippen LogP contribution in [0.4, 0.5) is 37.7 Å². The van der Waals surface area contributed by atoms with E-state index in [1.807, 2.05) is 13.8 Å². The smallest absolute Gasteiger partial charge is 0.418 e. The normalized spacial score (nSPS) is 13.1. The Hall–Kier alpha value is -3.93. The number of alkyl halides is 6. The van der Waals surface area contributed by atoms with Gasteiger partial charge in [0.2, 0.25) is 0 Å². The summed E-state index contributed by atoms with van der Waals surface area (Å²) in [5.41, 5.74) is -0.815. The Bertz CT molecular complexity index is 1550. The number of anilines is 2. The van der Waals surface area contributed by atoms with Gasteiger partial charge in [-0.15, -0.1) is 0 Å². The van der Waals surface area contributed by atoms with Gasteiger partial charge < -0.3 is 10.1 Å². The molecule has 0 amide bonds. The zero-order chi connectivity index (χ0) is 28.7. The van der Waals surface area contributed by atoms with E-state index in [-0.39, 0.29) is 28.5 Å². The summed E-state index contributed by atoms with van der Waals surface area (Å²) in [6.07, 6.45) is -6.21. The molecule has 1 N–H and O–H groups in total. The summed E-state index contributed by atoms with van der Waals surface area (Å²) >= 11 is 0. The lowest BCUT2D eigenvalue weighted by molar-refractivity contribution is -0.138. The number of ether oxygens (including phenoxy) is 1. The van der Waals surface area contributed by atoms with Gasteiger partial charge in [0.1, 0.15) is 11.4 Å². The third kappa shape index (κ3) is 5.40. The molecular formula is C28H25F6N5O. The molecule has 0 unspecified atom stereocenters. The van der Waals surface area contributed by atoms with Crippen molar-refractivity contribution in [1.29, 1.82) is 0 Å². The topological polar surface area (TPSA) is 63.2 Å². The van der Waals surface area contributed by atoms with Crippen molar-refractivity contribution in [3.05, 3.63) is 65.5 Å². The Balaban J connectivity index is 1.67. The van der Waals surface area contributed by atoms with Crippen LogP contribution in [0.15, 0.2) is 48.7 Å². The van der Waals surface area contributed by atoms with Crippen LogP contribution in [0, 0.1) is 0 Å². The van der Waals surface area contributed by atoms with Gasteiger partial charge in [-0.1, -0.05) is 13.8 Å². The number of nitrogens with one attached hydrogen (secondary N) is 1. The second-order valence-electron chi connectivity index (χ2n) is 9.44. The molecule has 1 aliphatic heterocycles. The molecule has 0 atom stereocenters. The monoisotopic (exact) mass is 561 g/mol. The van der Waals surface area contributed by atoms with E-state index in [0.29, 0.717) is 29.0 Å². The quantitative estimate of drug-likeness (QED) is 0.202. The minimum absolute atomic E-state index is 0.00450. The summed E-state index contributed by atoms with van der Waals surface area (Å²) in [7, 11) is 0. The van der Waals surface area contributed by atoms with Crippen LogP contribution in [0.25, 0.3) is 22.4 Å². The van der Waals surface area contributed by atoms with Crippen LogP contribution in [-0.2, 0) is 18.9 Å². The van der Waals surface area contributed by atoms with E-state index in [1.54, 1.807) is 6.07 Å². The van der Waals surface area contributed by atoms with E-state index in [2.05, 4.69) is 25.2 Å². The summed E-state index contributed by atoms with van der Waals surface area (Å²) in [5, 5.41) is 3.59. The molecule has 0 fully saturated rings. The van der Waals surface area contributed by atoms with Crippen molar-refractivity contribution in [1.82, 2.24) is 19.9 Å². The Morgan fingerprint density at radius 1 is 0.900 bits per heavy atom. The number of nitrogens with zero attached hydrogens (tertiary/aromatic N) is 4. The first-order valence-corrected chi connectivity index (χ1v) is 12.7. The lowest BCUT2D eigenvalue weighted by Crippen LogP contribution is -2.26. The molecule has 12 heteroatoms. The highest BCUT2D eigenvalue weighted by molar-refractivity contribution is 5.98. The van der Waals surface area contributed by atoms with Crippen LogP contribution in [-0.4, -0.2) is 32.9 Å². The third-order valence-corrected chi connectivity index (χ3v) is 6.46. The highest BCUT2D eigenvalue weighted by Crippen LogP contribution is 2.48. The molecule has 0 radical (unpaired) electrons. The van der Waals surface area contributed by atoms with E-state index in [4.69, 9.17) is 4.74 Å². The first-order chi connectivity index (χ1) is 19.0. The van der Waals surface area contributed by atoms with Gasteiger partial charge in [0.05, 0.1) is 28.2 Å². The third-order valence-electron chi connectivity index (χ3n) is 6.46. The highest BCUT2D eigenvalue weighted by Gasteiger charge is 2.35. The largest absolute Gasteiger partial charge is 0.451 e. The number of rotatable bonds is 7. The first-order valence-electron chi connectivity index (χ1n) is 12.7. The zero-order valence-corrected chi connectivity index (χ0v) is 21.6. The standard InChI is InChI=1S/C28H25F6N5O/c1-3-12-39(13-4-2)15-21-25-23(36-19-9-7-16(27(29,30)31)14-22(19)40-25)17-8-10-20(37-26(17)38-21)24-18(28(32,33)34)6-5-11-35-24/h5-11,14,36H,3-4,12-13,15H2,1-2H3. The van der Waals surface area contributed by atoms with Crippen LogP contribution >= 0.6 is 0 Å². The first kappa shape index (κ1) is 27.6. The number of benzene rings is 1. The number of hydrogen-bond acceptors (Lipinski definition) is 6. The van der Waals surface area contributed by atoms with Crippen LogP contribution < -0.4 is 10.1 Å². The highest BCUT2D eigenvalue weighted by atomic mass is 19.4. The molecule has 1 aromatic carbocycles. The maximum atomic E-state index is 13.7. The Morgan fingerprint density at radius 2 is 1.65 bits per heavy atom. The molecule has 4 aromatic rings. The minimum atomic E-state index is -4.64. The Morgan fingerprint density at radius 3 is 2.33 bits per heavy atom. The van der Waals surface area contributed by atoms with Crippen LogP contribution in [0.5, 0.6) is 11.5 Å². The molecule has 4 heterocycles. The van der Waals surface area contributed by atoms with Gasteiger partial charge >= 0.3 is 12.4 Å². The number of halogens is 6. The average Bonchev–Trinajstić information content (AvgIpc) is 2.91. The molecule has 6 nitrogen and oxygen atoms in total. The summed E-state index contributed by atoms with van der Waals surface area (Å²) < 4.78 is 87.2. The van der Waals surface area contributed by atoms with E-state index in [1.165, 1.54) is 24.4 Å². The predicted molar refractivity (Wildman–Crippen MR) is 138 cm³/mol. The number of aromatic nitrogens is 3. The fraction of sp³-hybridized carbons (Fsp3) is 0.321. The summed E-state index contributed by atoms with van der Waals surface area (Å²) in [6, 6.07) is 8.27. The number of fused-ring (bicyclic) bond motifs is 4. The van der Waals surface area contributed by atoms with Crippen molar-refractivity contribution in [2.45, 2.75) is 45.6 Å². The summed E-state index contributed by atoms with van der Waals surface area (Å²) in [6.45, 7) is 5.83. The molecule has 3 aromatic heterocycles. The second-order valence-corrected chi connectivity index (χ2v) is 9.44. The Kier molecular flexibility index (Phi) is 7.30. The lowest BCUT2D eigenvalue weighted by atomic mass is 10.1. The molecule has 210 valence electrons. The number of pyridine rings is 3. The molecule has 0 saturated carbocycles. The summed E-state index contributed by atoms with van der Waals surface area (Å²) in [4.78, 5) is 15.2. The molecule has 0 saturated heterocycles. The average molecular weight is 562 g/mol. The summed E-state index contributed by atoms with van der Waals surface area (Å²) in [5.74, 6) is 0.245. The van der Waals surface area contributed by atoms with E-state index in [9.17, 15) is 26.3 Å². The Labute approximate surface area is 226 Å². The van der Waals surface area contributed by atoms with Crippen LogP contribution in [0.1, 0.15) is 43.5 Å². The second kappa shape index (κ2) is 10.6. The van der Waals surface area contributed by atoms with Gasteiger partial charge in [-0.25, -0.2) is 9.97 Å². The fourth-order valence-electron chi connectivity index (χ4n) is 4.73. The van der Waals surface area contributed by atoms with Crippen molar-refractivity contribution in [2.75, 3.05) is 18.4 Å². The lowest BCUT2D eigenvalue weighted by Gasteiger charge is -2.28. The van der Waals surface area contributed by atoms with Crippen molar-refractivity contribution >= 4 is 22.4 Å². The maximum absolute atomic E-state index is 13.7. The molecular weight excluding hydrogens is 536 g/mol. The van der Waals surface area contributed by atoms with E-state index in [0.717, 1.165) is 44.1 Å². The fourth-order valence-corrected chi connectivity index (χ4v) is 4.73. The van der Waals surface area contributed by atoms with Gasteiger partial charge in [0.15, 0.2) is 17.1 Å². The van der Waals surface area contributed by atoms with E-state index >= 15 is 0 Å². The van der Waals surface area contributed by atoms with Gasteiger partial charge in [-0.3, -0.25) is 9.88 Å². The van der Waals surface area contributed by atoms with Gasteiger partial charge in [-0.05, 0) is 68.4 Å². The zero-order valence-electron chi connectivity index (χ0n) is 21.6. The molecule has 40 heavy (non-hydrogen) atoms. The number of hydrogen-bond donors (Lipinski definition) is 1. The van der Waals surface area contributed by atoms with Crippen molar-refractivity contribution in [3.8, 4) is 22.9 Å². The minimum Gasteiger partial charge on any atom is -0.451 e. The van der Waals surface area contributed by atoms with Crippen LogP contribution in [0.2, 0.25) is 0 Å². The van der Waals surface area contributed by atoms with Crippen molar-refractivity contribution in [3.63, 3.8) is 0 Å². The van der Waals surface area contributed by atoms with Crippen molar-refractivity contribution < 1.29 is 31.1 Å². The van der Waals surface area contributed by atoms with E-state index < -0.39 is 23.5 Å². The predicted octanol–water partition coefficient (Wildman–Crippen LogP) is 8.20. The molecule has 5 rings (SSSR count). The van der Waals surface area contributed by atoms with Crippen LogP contribution in [0.3, 0.4) is 0 Å². The SMILES string of the molecule is CCCN(CCC)Cc1nc2nc(-c3ncccc3C(F)(F)F)ccc2c2c1Oc1cc(C(F)(F)F)ccc1N2. The molecule has 0 spiro atoms. The molecule has 1 aliphatic rings. The van der Waals surface area contributed by atoms with Crippen molar-refractivity contribution in [2.24, 2.45) is 0 Å².